The predicted molar refractivity (Wildman–Crippen MR) is 98.2 cm³/mol. The van der Waals surface area contributed by atoms with Gasteiger partial charge >= 0.3 is 0 Å². The lowest BCUT2D eigenvalue weighted by Gasteiger charge is -2.10. The van der Waals surface area contributed by atoms with Gasteiger partial charge in [0.15, 0.2) is 0 Å². The summed E-state index contributed by atoms with van der Waals surface area (Å²) >= 11 is 0. The van der Waals surface area contributed by atoms with Crippen molar-refractivity contribution in [3.8, 4) is 11.4 Å². The number of hydrogen-bond acceptors (Lipinski definition) is 3. The van der Waals surface area contributed by atoms with Crippen LogP contribution in [-0.4, -0.2) is 25.0 Å². The monoisotopic (exact) mass is 379 g/mol. The highest BCUT2D eigenvalue weighted by molar-refractivity contribution is 5.92. The average Bonchev–Trinajstić information content (AvgIpc) is 3.39. The quantitative estimate of drug-likeness (QED) is 0.579. The fourth-order valence-electron chi connectivity index (χ4n) is 2.81. The second kappa shape index (κ2) is 7.43. The van der Waals surface area contributed by atoms with Crippen molar-refractivity contribution in [1.82, 2.24) is 24.4 Å². The first-order valence-corrected chi connectivity index (χ1v) is 8.45. The van der Waals surface area contributed by atoms with Gasteiger partial charge in [-0.05, 0) is 42.0 Å². The Bertz CT molecular complexity index is 1100. The molecule has 0 radical (unpaired) electrons. The number of carbonyl (C=O) groups excluding carboxylic acids is 1. The van der Waals surface area contributed by atoms with Crippen molar-refractivity contribution in [2.75, 3.05) is 0 Å². The van der Waals surface area contributed by atoms with Gasteiger partial charge in [0.05, 0.1) is 24.5 Å². The maximum Gasteiger partial charge on any atom is 0.270 e. The number of aromatic nitrogens is 4. The van der Waals surface area contributed by atoms with E-state index in [1.54, 1.807) is 45.8 Å². The molecule has 6 nitrogen and oxygen atoms in total. The van der Waals surface area contributed by atoms with Gasteiger partial charge in [-0.25, -0.2) is 18.7 Å². The Hall–Kier alpha value is -3.81. The summed E-state index contributed by atoms with van der Waals surface area (Å²) in [6, 6.07) is 10.4. The third kappa shape index (κ3) is 3.52. The lowest BCUT2D eigenvalue weighted by Crippen LogP contribution is -2.25. The third-order valence-electron chi connectivity index (χ3n) is 4.22. The van der Waals surface area contributed by atoms with Gasteiger partial charge in [-0.1, -0.05) is 6.07 Å². The van der Waals surface area contributed by atoms with Crippen LogP contribution in [0, 0.1) is 11.6 Å². The molecule has 2 aromatic heterocycles. The van der Waals surface area contributed by atoms with Crippen LogP contribution in [0.15, 0.2) is 73.7 Å². The minimum Gasteiger partial charge on any atom is -0.347 e. The van der Waals surface area contributed by atoms with E-state index >= 15 is 0 Å². The highest BCUT2D eigenvalue weighted by Gasteiger charge is 2.13. The topological polar surface area (TPSA) is 64.7 Å². The molecule has 0 saturated heterocycles. The largest absolute Gasteiger partial charge is 0.347 e. The van der Waals surface area contributed by atoms with Crippen LogP contribution in [-0.2, 0) is 6.54 Å². The summed E-state index contributed by atoms with van der Waals surface area (Å²) in [6.45, 7) is 0.147. The molecule has 0 aliphatic heterocycles. The first kappa shape index (κ1) is 17.6. The second-order valence-electron chi connectivity index (χ2n) is 6.06. The predicted octanol–water partition coefficient (Wildman–Crippen LogP) is 3.27. The number of nitrogens with zero attached hydrogens (tertiary/aromatic N) is 4. The molecule has 0 saturated carbocycles. The van der Waals surface area contributed by atoms with E-state index in [1.807, 2.05) is 0 Å². The van der Waals surface area contributed by atoms with Crippen LogP contribution >= 0.6 is 0 Å². The van der Waals surface area contributed by atoms with E-state index in [0.717, 1.165) is 0 Å². The minimum atomic E-state index is -0.416. The summed E-state index contributed by atoms with van der Waals surface area (Å²) in [6.07, 6.45) is 7.62. The molecule has 0 aliphatic rings. The zero-order valence-corrected chi connectivity index (χ0v) is 14.6. The van der Waals surface area contributed by atoms with Crippen molar-refractivity contribution in [2.45, 2.75) is 6.54 Å². The van der Waals surface area contributed by atoms with Gasteiger partial charge in [-0.15, -0.1) is 0 Å². The fraction of sp³-hybridized carbons (Fsp3) is 0.0500. The fourth-order valence-corrected chi connectivity index (χ4v) is 2.81. The van der Waals surface area contributed by atoms with Gasteiger partial charge in [0.25, 0.3) is 5.91 Å². The lowest BCUT2D eigenvalue weighted by atomic mass is 10.2. The molecular weight excluding hydrogens is 364 g/mol. The molecule has 4 aromatic rings. The Kier molecular flexibility index (Phi) is 4.67. The Morgan fingerprint density at radius 1 is 1.04 bits per heavy atom. The molecular formula is C20H15F2N5O. The Balaban J connectivity index is 1.48. The molecule has 0 bridgehead atoms. The van der Waals surface area contributed by atoms with Gasteiger partial charge < -0.3 is 9.88 Å². The highest BCUT2D eigenvalue weighted by Crippen LogP contribution is 2.16. The Morgan fingerprint density at radius 2 is 1.86 bits per heavy atom. The number of nitrogens with one attached hydrogen (secondary N) is 1. The van der Waals surface area contributed by atoms with Crippen LogP contribution in [0.4, 0.5) is 8.78 Å². The summed E-state index contributed by atoms with van der Waals surface area (Å²) in [7, 11) is 0. The number of benzene rings is 2. The van der Waals surface area contributed by atoms with E-state index < -0.39 is 5.82 Å². The van der Waals surface area contributed by atoms with Gasteiger partial charge in [-0.2, -0.15) is 0 Å². The number of rotatable bonds is 5. The van der Waals surface area contributed by atoms with Gasteiger partial charge in [0.2, 0.25) is 0 Å². The Labute approximate surface area is 159 Å². The molecule has 0 spiro atoms. The molecule has 1 amide bonds. The minimum absolute atomic E-state index is 0.147. The van der Waals surface area contributed by atoms with Crippen LogP contribution < -0.4 is 5.32 Å². The number of hydrogen-bond donors (Lipinski definition) is 1. The second-order valence-corrected chi connectivity index (χ2v) is 6.06. The maximum atomic E-state index is 14.3. The molecule has 0 unspecified atom stereocenters. The lowest BCUT2D eigenvalue weighted by molar-refractivity contribution is 0.0944. The van der Waals surface area contributed by atoms with E-state index in [2.05, 4.69) is 15.3 Å². The normalized spacial score (nSPS) is 10.8. The van der Waals surface area contributed by atoms with Crippen LogP contribution in [0.3, 0.4) is 0 Å². The van der Waals surface area contributed by atoms with Crippen molar-refractivity contribution in [1.29, 1.82) is 0 Å². The third-order valence-corrected chi connectivity index (χ3v) is 4.22. The molecule has 28 heavy (non-hydrogen) atoms. The van der Waals surface area contributed by atoms with Crippen LogP contribution in [0.2, 0.25) is 0 Å². The molecule has 0 aliphatic carbocycles. The molecule has 1 N–H and O–H groups in total. The maximum absolute atomic E-state index is 14.3. The molecule has 0 atom stereocenters. The van der Waals surface area contributed by atoms with Gasteiger partial charge in [-0.3, -0.25) is 9.36 Å². The zero-order valence-electron chi connectivity index (χ0n) is 14.6. The molecule has 140 valence electrons. The number of carbonyl (C=O) groups is 1. The molecule has 2 heterocycles. The molecule has 2 aromatic carbocycles. The van der Waals surface area contributed by atoms with E-state index in [0.29, 0.717) is 22.6 Å². The number of amides is 1. The standard InChI is InChI=1S/C20H15F2N5O/c21-15-2-4-16(5-3-15)27-13-24-11-19(27)20(28)25-10-14-1-6-18(17(22)9-14)26-8-7-23-12-26/h1-9,11-13H,10H2,(H,25,28). The average molecular weight is 379 g/mol. The molecule has 4 rings (SSSR count). The number of halogens is 2. The van der Waals surface area contributed by atoms with Gasteiger partial charge in [0.1, 0.15) is 17.3 Å². The van der Waals surface area contributed by atoms with Crippen LogP contribution in [0.1, 0.15) is 16.1 Å². The van der Waals surface area contributed by atoms with Crippen LogP contribution in [0.25, 0.3) is 11.4 Å². The summed E-state index contributed by atoms with van der Waals surface area (Å²) in [4.78, 5) is 20.4. The summed E-state index contributed by atoms with van der Waals surface area (Å²) in [5.74, 6) is -1.15. The summed E-state index contributed by atoms with van der Waals surface area (Å²) in [5, 5.41) is 2.74. The molecule has 0 fully saturated rings. The Morgan fingerprint density at radius 3 is 2.57 bits per heavy atom. The molecule has 8 heteroatoms. The van der Waals surface area contributed by atoms with E-state index in [9.17, 15) is 13.6 Å². The van der Waals surface area contributed by atoms with E-state index in [1.165, 1.54) is 37.1 Å². The number of imidazole rings is 2. The SMILES string of the molecule is O=C(NCc1ccc(-n2ccnc2)c(F)c1)c1cncn1-c1ccc(F)cc1. The van der Waals surface area contributed by atoms with Crippen molar-refractivity contribution in [2.24, 2.45) is 0 Å². The smallest absolute Gasteiger partial charge is 0.270 e. The van der Waals surface area contributed by atoms with Crippen LogP contribution in [0.5, 0.6) is 0 Å². The zero-order chi connectivity index (χ0) is 19.5. The van der Waals surface area contributed by atoms with Crippen molar-refractivity contribution < 1.29 is 13.6 Å². The highest BCUT2D eigenvalue weighted by atomic mass is 19.1. The first-order valence-electron chi connectivity index (χ1n) is 8.45. The van der Waals surface area contributed by atoms with Crippen molar-refractivity contribution in [3.05, 3.63) is 96.6 Å². The van der Waals surface area contributed by atoms with Crippen molar-refractivity contribution in [3.63, 3.8) is 0 Å². The van der Waals surface area contributed by atoms with E-state index in [4.69, 9.17) is 0 Å². The first-order chi connectivity index (χ1) is 13.6. The summed E-state index contributed by atoms with van der Waals surface area (Å²) in [5.41, 5.74) is 1.89. The van der Waals surface area contributed by atoms with E-state index in [-0.39, 0.29) is 18.3 Å². The van der Waals surface area contributed by atoms with Gasteiger partial charge in [0, 0.05) is 24.6 Å². The summed E-state index contributed by atoms with van der Waals surface area (Å²) < 4.78 is 30.6. The van der Waals surface area contributed by atoms with Crippen molar-refractivity contribution >= 4 is 5.91 Å².